The summed E-state index contributed by atoms with van der Waals surface area (Å²) in [4.78, 5) is 2.32. The van der Waals surface area contributed by atoms with Crippen molar-refractivity contribution in [3.05, 3.63) is 163 Å². The Morgan fingerprint density at radius 3 is 1.85 bits per heavy atom. The molecular weight excluding hydrogens is 587 g/mol. The van der Waals surface area contributed by atoms with Gasteiger partial charge in [0.25, 0.3) is 6.71 Å². The van der Waals surface area contributed by atoms with E-state index in [4.69, 9.17) is 9.47 Å². The van der Waals surface area contributed by atoms with Gasteiger partial charge in [-0.2, -0.15) is 0 Å². The number of aromatic nitrogens is 1. The fourth-order valence-electron chi connectivity index (χ4n) is 7.61. The molecule has 0 bridgehead atoms. The number of hydrogen-bond donors (Lipinski definition) is 0. The Labute approximate surface area is 279 Å². The molecule has 0 fully saturated rings. The van der Waals surface area contributed by atoms with Crippen LogP contribution in [-0.2, 0) is 0 Å². The Kier molecular flexibility index (Phi) is 5.85. The molecule has 0 spiro atoms. The van der Waals surface area contributed by atoms with Crippen LogP contribution in [-0.4, -0.2) is 11.3 Å². The van der Waals surface area contributed by atoms with Crippen molar-refractivity contribution in [2.45, 2.75) is 6.92 Å². The van der Waals surface area contributed by atoms with Crippen LogP contribution in [0.25, 0.3) is 27.5 Å². The van der Waals surface area contributed by atoms with Crippen molar-refractivity contribution in [3.8, 4) is 28.7 Å². The smallest absolute Gasteiger partial charge is 0.260 e. The highest BCUT2D eigenvalue weighted by atomic mass is 16.5. The van der Waals surface area contributed by atoms with Gasteiger partial charge in [0.15, 0.2) is 5.75 Å². The summed E-state index contributed by atoms with van der Waals surface area (Å²) >= 11 is 0. The first kappa shape index (κ1) is 27.0. The van der Waals surface area contributed by atoms with Gasteiger partial charge in [-0.1, -0.05) is 96.6 Å². The molecule has 0 atom stereocenters. The number of anilines is 3. The third-order valence-corrected chi connectivity index (χ3v) is 9.75. The van der Waals surface area contributed by atoms with Gasteiger partial charge in [0.05, 0.1) is 11.0 Å². The molecule has 48 heavy (non-hydrogen) atoms. The van der Waals surface area contributed by atoms with Crippen LogP contribution in [0.15, 0.2) is 158 Å². The summed E-state index contributed by atoms with van der Waals surface area (Å²) in [6, 6.07) is 55.7. The number of fused-ring (bicyclic) bond motifs is 8. The van der Waals surface area contributed by atoms with Crippen molar-refractivity contribution in [2.24, 2.45) is 0 Å². The van der Waals surface area contributed by atoms with Crippen molar-refractivity contribution in [2.75, 3.05) is 4.90 Å². The van der Waals surface area contributed by atoms with E-state index in [0.29, 0.717) is 0 Å². The minimum atomic E-state index is 0.00204. The van der Waals surface area contributed by atoms with Gasteiger partial charge in [-0.25, -0.2) is 0 Å². The second-order valence-electron chi connectivity index (χ2n) is 12.6. The highest BCUT2D eigenvalue weighted by Gasteiger charge is 2.41. The summed E-state index contributed by atoms with van der Waals surface area (Å²) in [5.41, 5.74) is 11.1. The van der Waals surface area contributed by atoms with Crippen molar-refractivity contribution in [3.63, 3.8) is 0 Å². The van der Waals surface area contributed by atoms with Crippen molar-refractivity contribution >= 4 is 62.0 Å². The molecule has 5 heteroatoms. The van der Waals surface area contributed by atoms with Crippen LogP contribution in [0.2, 0.25) is 0 Å². The van der Waals surface area contributed by atoms with Crippen molar-refractivity contribution < 1.29 is 9.47 Å². The molecule has 0 radical (unpaired) electrons. The topological polar surface area (TPSA) is 26.6 Å². The molecule has 0 saturated carbocycles. The first-order chi connectivity index (χ1) is 23.7. The summed E-state index contributed by atoms with van der Waals surface area (Å²) in [6.45, 7) is 2.13. The number of rotatable bonds is 4. The second-order valence-corrected chi connectivity index (χ2v) is 12.6. The van der Waals surface area contributed by atoms with E-state index in [1.807, 2.05) is 6.07 Å². The number of ether oxygens (including phenoxy) is 2. The molecule has 4 nitrogen and oxygen atoms in total. The Balaban J connectivity index is 1.30. The molecule has 0 unspecified atom stereocenters. The van der Waals surface area contributed by atoms with Crippen molar-refractivity contribution in [1.29, 1.82) is 0 Å². The lowest BCUT2D eigenvalue weighted by Gasteiger charge is -2.33. The van der Waals surface area contributed by atoms with Gasteiger partial charge in [0, 0.05) is 39.0 Å². The number of para-hydroxylation sites is 4. The third-order valence-electron chi connectivity index (χ3n) is 9.75. The summed E-state index contributed by atoms with van der Waals surface area (Å²) in [5.74, 6) is 3.46. The summed E-state index contributed by atoms with van der Waals surface area (Å²) in [7, 11) is 0. The SMILES string of the molecule is Cc1ccc(N(c2ccccc2)c2ccc3c4cc5c6c(c4n(-c4ccccc4)c3c2)Oc2ccccc2B6c2ccccc2O5)cc1. The molecule has 226 valence electrons. The normalized spacial score (nSPS) is 12.6. The molecule has 0 N–H and O–H groups in total. The third kappa shape index (κ3) is 3.97. The van der Waals surface area contributed by atoms with E-state index in [9.17, 15) is 0 Å². The van der Waals surface area contributed by atoms with Crippen LogP contribution in [0.1, 0.15) is 5.56 Å². The monoisotopic (exact) mass is 616 g/mol. The molecular formula is C43H29BN2O2. The average molecular weight is 617 g/mol. The molecule has 3 heterocycles. The van der Waals surface area contributed by atoms with Gasteiger partial charge in [-0.15, -0.1) is 0 Å². The first-order valence-electron chi connectivity index (χ1n) is 16.4. The minimum Gasteiger partial charge on any atom is -0.458 e. The molecule has 0 amide bonds. The maximum Gasteiger partial charge on any atom is 0.260 e. The number of aryl methyl sites for hydroxylation is 1. The molecule has 2 aliphatic heterocycles. The van der Waals surface area contributed by atoms with Gasteiger partial charge in [-0.05, 0) is 84.6 Å². The van der Waals surface area contributed by atoms with E-state index in [-0.39, 0.29) is 6.71 Å². The van der Waals surface area contributed by atoms with E-state index in [0.717, 1.165) is 83.9 Å². The van der Waals surface area contributed by atoms with Crippen LogP contribution in [0, 0.1) is 6.92 Å². The number of nitrogens with zero attached hydrogens (tertiary/aromatic N) is 2. The van der Waals surface area contributed by atoms with Gasteiger partial charge in [0.2, 0.25) is 0 Å². The lowest BCUT2D eigenvalue weighted by atomic mass is 9.35. The van der Waals surface area contributed by atoms with E-state index >= 15 is 0 Å². The summed E-state index contributed by atoms with van der Waals surface area (Å²) in [6.07, 6.45) is 0. The fraction of sp³-hybridized carbons (Fsp3) is 0.0233. The standard InChI is InChI=1S/C43H29BN2O2/c1-28-20-22-31(23-21-28)45(29-12-4-2-5-13-29)32-24-25-33-34-27-40-41-43(42(34)46(37(33)26-32)30-14-6-3-7-15-30)48-39-19-11-9-17-36(39)44(41)35-16-8-10-18-38(35)47-40/h2-27H,1H3. The zero-order valence-corrected chi connectivity index (χ0v) is 26.3. The van der Waals surface area contributed by atoms with E-state index < -0.39 is 0 Å². The lowest BCUT2D eigenvalue weighted by molar-refractivity contribution is 0.467. The number of hydrogen-bond acceptors (Lipinski definition) is 3. The quantitative estimate of drug-likeness (QED) is 0.185. The van der Waals surface area contributed by atoms with Crippen molar-refractivity contribution in [1.82, 2.24) is 4.57 Å². The summed E-state index contributed by atoms with van der Waals surface area (Å²) < 4.78 is 16.0. The van der Waals surface area contributed by atoms with Crippen LogP contribution >= 0.6 is 0 Å². The van der Waals surface area contributed by atoms with E-state index in [1.165, 1.54) is 5.56 Å². The second kappa shape index (κ2) is 10.4. The Morgan fingerprint density at radius 2 is 1.12 bits per heavy atom. The fourth-order valence-corrected chi connectivity index (χ4v) is 7.61. The van der Waals surface area contributed by atoms with E-state index in [1.54, 1.807) is 0 Å². The van der Waals surface area contributed by atoms with Gasteiger partial charge in [0.1, 0.15) is 17.2 Å². The predicted octanol–water partition coefficient (Wildman–Crippen LogP) is 9.29. The largest absolute Gasteiger partial charge is 0.458 e. The van der Waals surface area contributed by atoms with Crippen LogP contribution in [0.5, 0.6) is 23.0 Å². The molecule has 10 rings (SSSR count). The molecule has 8 aromatic rings. The Bertz CT molecular complexity index is 2510. The van der Waals surface area contributed by atoms with E-state index in [2.05, 4.69) is 168 Å². The summed E-state index contributed by atoms with van der Waals surface area (Å²) in [5, 5.41) is 2.23. The Hall–Kier alpha value is -6.20. The highest BCUT2D eigenvalue weighted by Crippen LogP contribution is 2.46. The van der Waals surface area contributed by atoms with Gasteiger partial charge in [-0.3, -0.25) is 0 Å². The zero-order valence-electron chi connectivity index (χ0n) is 26.3. The Morgan fingerprint density at radius 1 is 0.521 bits per heavy atom. The lowest BCUT2D eigenvalue weighted by Crippen LogP contribution is -2.57. The molecule has 2 aliphatic rings. The van der Waals surface area contributed by atoms with Crippen LogP contribution in [0.4, 0.5) is 17.1 Å². The zero-order chi connectivity index (χ0) is 31.8. The van der Waals surface area contributed by atoms with Crippen LogP contribution in [0.3, 0.4) is 0 Å². The minimum absolute atomic E-state index is 0.00204. The average Bonchev–Trinajstić information content (AvgIpc) is 3.47. The molecule has 0 saturated heterocycles. The highest BCUT2D eigenvalue weighted by molar-refractivity contribution is 6.98. The number of benzene rings is 7. The maximum atomic E-state index is 6.96. The van der Waals surface area contributed by atoms with Gasteiger partial charge >= 0.3 is 0 Å². The maximum absolute atomic E-state index is 6.96. The predicted molar refractivity (Wildman–Crippen MR) is 198 cm³/mol. The molecule has 7 aromatic carbocycles. The molecule has 0 aliphatic carbocycles. The molecule has 1 aromatic heterocycles. The van der Waals surface area contributed by atoms with Gasteiger partial charge < -0.3 is 18.9 Å². The first-order valence-corrected chi connectivity index (χ1v) is 16.4. The van der Waals surface area contributed by atoms with Crippen LogP contribution < -0.4 is 30.8 Å².